The van der Waals surface area contributed by atoms with E-state index in [1.54, 1.807) is 19.3 Å². The molecule has 2 aromatic carbocycles. The number of hydrogen-bond acceptors (Lipinski definition) is 10. The van der Waals surface area contributed by atoms with Crippen LogP contribution in [0.3, 0.4) is 0 Å². The molecule has 4 N–H and O–H groups in total. The molecular weight excluding hydrogens is 643 g/mol. The van der Waals surface area contributed by atoms with Gasteiger partial charge in [0.05, 0.1) is 12.6 Å². The number of piperidine rings is 1. The molecule has 3 aliphatic heterocycles. The van der Waals surface area contributed by atoms with E-state index in [1.165, 1.54) is 11.8 Å². The summed E-state index contributed by atoms with van der Waals surface area (Å²) in [5.41, 5.74) is 7.66. The Morgan fingerprint density at radius 2 is 1.88 bits per heavy atom. The van der Waals surface area contributed by atoms with Crippen molar-refractivity contribution in [2.75, 3.05) is 36.4 Å². The zero-order chi connectivity index (χ0) is 34.2. The molecule has 0 saturated carbocycles. The molecule has 1 saturated heterocycles. The number of carbonyl (C=O) groups excluding carboxylic acids is 1. The van der Waals surface area contributed by atoms with Crippen molar-refractivity contribution in [3.63, 3.8) is 0 Å². The summed E-state index contributed by atoms with van der Waals surface area (Å²) in [6.45, 7) is 5.92. The van der Waals surface area contributed by atoms with Gasteiger partial charge in [0.25, 0.3) is 5.91 Å². The Hall–Kier alpha value is -4.85. The first-order valence-electron chi connectivity index (χ1n) is 16.4. The van der Waals surface area contributed by atoms with Crippen molar-refractivity contribution in [2.45, 2.75) is 50.6 Å². The number of likely N-dealkylation sites (tertiary alicyclic amines) is 1. The molecule has 3 aliphatic rings. The molecule has 0 spiro atoms. The molecule has 0 bridgehead atoms. The number of nitrogens with one attached hydrogen (secondary N) is 2. The molecule has 7 rings (SSSR count). The molecule has 13 heteroatoms. The second-order valence-electron chi connectivity index (χ2n) is 12.7. The highest BCUT2D eigenvalue weighted by atomic mass is 32.2. The summed E-state index contributed by atoms with van der Waals surface area (Å²) in [5.74, 6) is -1.21. The van der Waals surface area contributed by atoms with Crippen LogP contribution in [0.2, 0.25) is 0 Å². The SMILES string of the molecule is Cc1c(Nc2nccc3cc(CN[C@@H](C)C(=O)O)cnc23)cccc1-c1cccc2c1CCN2C(=O)C1=NC2CCN(CC(=O)O)CC2S1. The normalized spacial score (nSPS) is 19.3. The van der Waals surface area contributed by atoms with E-state index in [4.69, 9.17) is 4.99 Å². The van der Waals surface area contributed by atoms with Gasteiger partial charge in [0.15, 0.2) is 10.9 Å². The van der Waals surface area contributed by atoms with Crippen molar-refractivity contribution >= 4 is 62.7 Å². The monoisotopic (exact) mass is 679 g/mol. The molecule has 12 nitrogen and oxygen atoms in total. The van der Waals surface area contributed by atoms with Crippen molar-refractivity contribution in [2.24, 2.45) is 4.99 Å². The number of amides is 1. The van der Waals surface area contributed by atoms with Gasteiger partial charge in [-0.1, -0.05) is 36.0 Å². The molecule has 4 aromatic rings. The van der Waals surface area contributed by atoms with Crippen LogP contribution in [0.5, 0.6) is 0 Å². The molecule has 2 aromatic heterocycles. The number of fused-ring (bicyclic) bond motifs is 3. The number of hydrogen-bond donors (Lipinski definition) is 4. The summed E-state index contributed by atoms with van der Waals surface area (Å²) in [5, 5.41) is 26.4. The van der Waals surface area contributed by atoms with Gasteiger partial charge in [-0.15, -0.1) is 0 Å². The lowest BCUT2D eigenvalue weighted by atomic mass is 9.93. The maximum Gasteiger partial charge on any atom is 0.320 e. The third-order valence-electron chi connectivity index (χ3n) is 9.48. The summed E-state index contributed by atoms with van der Waals surface area (Å²) in [7, 11) is 0. The Morgan fingerprint density at radius 3 is 2.69 bits per heavy atom. The minimum Gasteiger partial charge on any atom is -0.480 e. The van der Waals surface area contributed by atoms with E-state index >= 15 is 0 Å². The number of aliphatic imine (C=N–C) groups is 1. The Labute approximate surface area is 287 Å². The van der Waals surface area contributed by atoms with E-state index in [0.717, 1.165) is 57.4 Å². The molecule has 3 atom stereocenters. The number of aliphatic carboxylic acids is 2. The van der Waals surface area contributed by atoms with Crippen molar-refractivity contribution in [3.05, 3.63) is 77.6 Å². The van der Waals surface area contributed by atoms with E-state index in [9.17, 15) is 24.6 Å². The number of rotatable bonds is 10. The standard InChI is InChI=1S/C36H37N7O5S/c1-20-24(5-3-7-27(20)40-33-32-23(9-12-37-33)15-22(17-39-32)16-38-21(2)36(47)48)25-6-4-8-29-26(25)10-14-43(29)35(46)34-41-28-11-13-42(19-31(44)45)18-30(28)49-34/h3-9,12,15,17,21,28,30,38H,10-11,13-14,16,18-19H2,1-2H3,(H,37,40)(H,44,45)(H,47,48)/t21-,28?,30?/m0/s1. The zero-order valence-electron chi connectivity index (χ0n) is 27.2. The van der Waals surface area contributed by atoms with Crippen LogP contribution in [0.25, 0.3) is 22.0 Å². The van der Waals surface area contributed by atoms with Crippen molar-refractivity contribution in [3.8, 4) is 11.1 Å². The summed E-state index contributed by atoms with van der Waals surface area (Å²) >= 11 is 1.49. The van der Waals surface area contributed by atoms with Crippen LogP contribution >= 0.6 is 11.8 Å². The molecule has 1 fully saturated rings. The van der Waals surface area contributed by atoms with Crippen LogP contribution in [0.4, 0.5) is 17.2 Å². The topological polar surface area (TPSA) is 160 Å². The highest BCUT2D eigenvalue weighted by Crippen LogP contribution is 2.41. The van der Waals surface area contributed by atoms with Gasteiger partial charge in [-0.2, -0.15) is 0 Å². The van der Waals surface area contributed by atoms with Crippen LogP contribution in [0.15, 0.2) is 65.9 Å². The van der Waals surface area contributed by atoms with Crippen LogP contribution in [-0.4, -0.2) is 91.5 Å². The van der Waals surface area contributed by atoms with Gasteiger partial charge in [0.2, 0.25) is 0 Å². The van der Waals surface area contributed by atoms with Gasteiger partial charge < -0.3 is 25.7 Å². The minimum absolute atomic E-state index is 0.0105. The van der Waals surface area contributed by atoms with Crippen molar-refractivity contribution in [1.82, 2.24) is 20.2 Å². The quantitative estimate of drug-likeness (QED) is 0.187. The number of pyridine rings is 2. The van der Waals surface area contributed by atoms with Gasteiger partial charge in [0, 0.05) is 60.6 Å². The average Bonchev–Trinajstić information content (AvgIpc) is 3.72. The fourth-order valence-electron chi connectivity index (χ4n) is 6.85. The first kappa shape index (κ1) is 32.7. The summed E-state index contributed by atoms with van der Waals surface area (Å²) in [4.78, 5) is 54.1. The molecule has 0 aliphatic carbocycles. The Balaban J connectivity index is 1.10. The van der Waals surface area contributed by atoms with Crippen molar-refractivity contribution < 1.29 is 24.6 Å². The molecule has 5 heterocycles. The third kappa shape index (κ3) is 6.61. The molecule has 1 amide bonds. The zero-order valence-corrected chi connectivity index (χ0v) is 28.0. The number of anilines is 3. The number of carbonyl (C=O) groups is 3. The Kier molecular flexibility index (Phi) is 9.05. The number of carboxylic acid groups (broad SMARTS) is 2. The summed E-state index contributed by atoms with van der Waals surface area (Å²) in [6.07, 6.45) is 4.94. The number of nitrogens with zero attached hydrogens (tertiary/aromatic N) is 5. The van der Waals surface area contributed by atoms with E-state index in [0.29, 0.717) is 42.6 Å². The fraction of sp³-hybridized carbons (Fsp3) is 0.333. The van der Waals surface area contributed by atoms with Crippen molar-refractivity contribution in [1.29, 1.82) is 0 Å². The van der Waals surface area contributed by atoms with E-state index in [2.05, 4.69) is 39.7 Å². The lowest BCUT2D eigenvalue weighted by Gasteiger charge is -2.32. The maximum atomic E-state index is 13.8. The van der Waals surface area contributed by atoms with Crippen LogP contribution in [0, 0.1) is 6.92 Å². The van der Waals surface area contributed by atoms with Gasteiger partial charge in [-0.3, -0.25) is 29.3 Å². The predicted octanol–water partition coefficient (Wildman–Crippen LogP) is 4.47. The average molecular weight is 680 g/mol. The molecular formula is C36H37N7O5S. The third-order valence-corrected chi connectivity index (χ3v) is 10.8. The highest BCUT2D eigenvalue weighted by Gasteiger charge is 2.40. The van der Waals surface area contributed by atoms with Gasteiger partial charge in [0.1, 0.15) is 11.6 Å². The van der Waals surface area contributed by atoms with E-state index in [-0.39, 0.29) is 23.7 Å². The Bertz CT molecular complexity index is 2000. The largest absolute Gasteiger partial charge is 0.480 e. The first-order valence-corrected chi connectivity index (χ1v) is 17.2. The predicted molar refractivity (Wildman–Crippen MR) is 191 cm³/mol. The fourth-order valence-corrected chi connectivity index (χ4v) is 8.19. The summed E-state index contributed by atoms with van der Waals surface area (Å²) in [6, 6.07) is 15.5. The maximum absolute atomic E-state index is 13.8. The van der Waals surface area contributed by atoms with Crippen LogP contribution in [0.1, 0.15) is 30.0 Å². The van der Waals surface area contributed by atoms with Gasteiger partial charge in [-0.05, 0) is 78.8 Å². The minimum atomic E-state index is -0.905. The highest BCUT2D eigenvalue weighted by molar-refractivity contribution is 8.16. The van der Waals surface area contributed by atoms with Gasteiger partial charge in [-0.25, -0.2) is 4.98 Å². The lowest BCUT2D eigenvalue weighted by Crippen LogP contribution is -2.45. The molecule has 2 unspecified atom stereocenters. The molecule has 252 valence electrons. The Morgan fingerprint density at radius 1 is 1.06 bits per heavy atom. The smallest absolute Gasteiger partial charge is 0.320 e. The lowest BCUT2D eigenvalue weighted by molar-refractivity contribution is -0.139. The van der Waals surface area contributed by atoms with Crippen LogP contribution < -0.4 is 15.5 Å². The molecule has 0 radical (unpaired) electrons. The second kappa shape index (κ2) is 13.6. The summed E-state index contributed by atoms with van der Waals surface area (Å²) < 4.78 is 0. The number of carboxylic acids is 2. The number of thioether (sulfide) groups is 1. The van der Waals surface area contributed by atoms with E-state index in [1.807, 2.05) is 46.2 Å². The molecule has 49 heavy (non-hydrogen) atoms. The second-order valence-corrected chi connectivity index (χ2v) is 13.9. The number of aromatic nitrogens is 2. The first-order chi connectivity index (χ1) is 23.7. The van der Waals surface area contributed by atoms with Gasteiger partial charge >= 0.3 is 11.9 Å². The number of benzene rings is 2. The van der Waals surface area contributed by atoms with Crippen LogP contribution in [-0.2, 0) is 27.3 Å². The van der Waals surface area contributed by atoms with E-state index < -0.39 is 18.0 Å².